The maximum Gasteiger partial charge on any atom is 0.305 e. The van der Waals surface area contributed by atoms with Crippen LogP contribution in [0, 0.1) is 0 Å². The first-order valence-corrected chi connectivity index (χ1v) is 8.71. The van der Waals surface area contributed by atoms with Crippen LogP contribution in [0.25, 0.3) is 0 Å². The molecule has 132 valence electrons. The highest BCUT2D eigenvalue weighted by Crippen LogP contribution is 2.22. The average Bonchev–Trinajstić information content (AvgIpc) is 2.57. The zero-order valence-corrected chi connectivity index (χ0v) is 16.0. The highest BCUT2D eigenvalue weighted by molar-refractivity contribution is 7.80. The van der Waals surface area contributed by atoms with E-state index in [1.54, 1.807) is 12.1 Å². The summed E-state index contributed by atoms with van der Waals surface area (Å²) in [6.45, 7) is 2.57. The van der Waals surface area contributed by atoms with Crippen molar-refractivity contribution in [1.29, 1.82) is 0 Å². The Morgan fingerprint density at radius 3 is 2.67 bits per heavy atom. The van der Waals surface area contributed by atoms with E-state index in [4.69, 9.17) is 35.4 Å². The Hall–Kier alpha value is -1.37. The SMILES string of the molecule is COC(=O)CCCCCNC(=S)N/N=C(/C)c1ccc(Cl)c(Cl)c1. The predicted octanol–water partition coefficient (Wildman–Crippen LogP) is 3.91. The topological polar surface area (TPSA) is 62.7 Å². The van der Waals surface area contributed by atoms with Crippen molar-refractivity contribution in [3.63, 3.8) is 0 Å². The molecule has 0 atom stereocenters. The molecule has 2 N–H and O–H groups in total. The molecule has 0 amide bonds. The van der Waals surface area contributed by atoms with Crippen molar-refractivity contribution in [3.8, 4) is 0 Å². The molecule has 1 aromatic carbocycles. The summed E-state index contributed by atoms with van der Waals surface area (Å²) in [6, 6.07) is 5.32. The first-order valence-electron chi connectivity index (χ1n) is 7.54. The van der Waals surface area contributed by atoms with Gasteiger partial charge in [0.25, 0.3) is 0 Å². The molecule has 24 heavy (non-hydrogen) atoms. The van der Waals surface area contributed by atoms with Gasteiger partial charge in [-0.15, -0.1) is 0 Å². The summed E-state index contributed by atoms with van der Waals surface area (Å²) in [7, 11) is 1.40. The molecule has 0 unspecified atom stereocenters. The lowest BCUT2D eigenvalue weighted by Crippen LogP contribution is -2.33. The number of hydrazone groups is 1. The van der Waals surface area contributed by atoms with E-state index >= 15 is 0 Å². The number of nitrogens with zero attached hydrogens (tertiary/aromatic N) is 1. The number of halogens is 2. The summed E-state index contributed by atoms with van der Waals surface area (Å²) in [5.74, 6) is -0.174. The van der Waals surface area contributed by atoms with Gasteiger partial charge in [-0.1, -0.05) is 35.7 Å². The van der Waals surface area contributed by atoms with Gasteiger partial charge in [-0.2, -0.15) is 5.10 Å². The van der Waals surface area contributed by atoms with Crippen LogP contribution in [0.15, 0.2) is 23.3 Å². The zero-order chi connectivity index (χ0) is 17.9. The number of unbranched alkanes of at least 4 members (excludes halogenated alkanes) is 2. The largest absolute Gasteiger partial charge is 0.469 e. The monoisotopic (exact) mass is 389 g/mol. The van der Waals surface area contributed by atoms with Crippen molar-refractivity contribution in [2.75, 3.05) is 13.7 Å². The molecule has 0 aliphatic heterocycles. The van der Waals surface area contributed by atoms with Gasteiger partial charge >= 0.3 is 5.97 Å². The summed E-state index contributed by atoms with van der Waals surface area (Å²) < 4.78 is 4.58. The molecule has 0 saturated carbocycles. The lowest BCUT2D eigenvalue weighted by atomic mass is 10.1. The van der Waals surface area contributed by atoms with E-state index in [-0.39, 0.29) is 5.97 Å². The van der Waals surface area contributed by atoms with Gasteiger partial charge < -0.3 is 10.1 Å². The molecular formula is C16H21Cl2N3O2S. The first-order chi connectivity index (χ1) is 11.4. The van der Waals surface area contributed by atoms with Crippen LogP contribution in [0.2, 0.25) is 10.0 Å². The predicted molar refractivity (Wildman–Crippen MR) is 103 cm³/mol. The van der Waals surface area contributed by atoms with Gasteiger partial charge in [0.2, 0.25) is 0 Å². The smallest absolute Gasteiger partial charge is 0.305 e. The molecule has 0 saturated heterocycles. The maximum atomic E-state index is 11.0. The van der Waals surface area contributed by atoms with Gasteiger partial charge in [0.15, 0.2) is 5.11 Å². The first kappa shape index (κ1) is 20.7. The summed E-state index contributed by atoms with van der Waals surface area (Å²) in [4.78, 5) is 11.0. The second-order valence-electron chi connectivity index (χ2n) is 5.08. The minimum Gasteiger partial charge on any atom is -0.469 e. The normalized spacial score (nSPS) is 11.1. The van der Waals surface area contributed by atoms with E-state index in [2.05, 4.69) is 20.6 Å². The lowest BCUT2D eigenvalue weighted by molar-refractivity contribution is -0.140. The molecule has 0 aliphatic rings. The number of esters is 1. The van der Waals surface area contributed by atoms with Gasteiger partial charge in [0, 0.05) is 13.0 Å². The Labute approximate surface area is 157 Å². The zero-order valence-electron chi connectivity index (χ0n) is 13.7. The Balaban J connectivity index is 2.27. The Bertz CT molecular complexity index is 609. The molecule has 0 aliphatic carbocycles. The van der Waals surface area contributed by atoms with Gasteiger partial charge in [-0.05, 0) is 49.7 Å². The fraction of sp³-hybridized carbons (Fsp3) is 0.438. The molecule has 5 nitrogen and oxygen atoms in total. The second kappa shape index (κ2) is 11.2. The fourth-order valence-electron chi connectivity index (χ4n) is 1.83. The van der Waals surface area contributed by atoms with Gasteiger partial charge in [0.1, 0.15) is 0 Å². The van der Waals surface area contributed by atoms with Crippen molar-refractivity contribution in [3.05, 3.63) is 33.8 Å². The molecule has 0 heterocycles. The standard InChI is InChI=1S/C16H21Cl2N3O2S/c1-11(12-7-8-13(17)14(18)10-12)20-21-16(24)19-9-5-3-4-6-15(22)23-2/h7-8,10H,3-6,9H2,1-2H3,(H2,19,21,24)/b20-11-. The molecule has 1 rings (SSSR count). The van der Waals surface area contributed by atoms with Crippen molar-refractivity contribution in [2.45, 2.75) is 32.6 Å². The van der Waals surface area contributed by atoms with Crippen LogP contribution in [0.3, 0.4) is 0 Å². The number of methoxy groups -OCH3 is 1. The third-order valence-corrected chi connectivity index (χ3v) is 4.21. The Morgan fingerprint density at radius 1 is 1.25 bits per heavy atom. The Morgan fingerprint density at radius 2 is 2.00 bits per heavy atom. The molecule has 0 spiro atoms. The number of nitrogens with one attached hydrogen (secondary N) is 2. The fourth-order valence-corrected chi connectivity index (χ4v) is 2.28. The van der Waals surface area contributed by atoms with E-state index in [1.165, 1.54) is 7.11 Å². The van der Waals surface area contributed by atoms with Crippen LogP contribution < -0.4 is 10.7 Å². The van der Waals surface area contributed by atoms with Crippen LogP contribution in [0.5, 0.6) is 0 Å². The van der Waals surface area contributed by atoms with Crippen LogP contribution in [-0.4, -0.2) is 30.4 Å². The Kier molecular flexibility index (Phi) is 9.67. The van der Waals surface area contributed by atoms with Crippen molar-refractivity contribution >= 4 is 52.2 Å². The third kappa shape index (κ3) is 7.95. The molecule has 8 heteroatoms. The summed E-state index contributed by atoms with van der Waals surface area (Å²) >= 11 is 17.0. The number of ether oxygens (including phenoxy) is 1. The van der Waals surface area contributed by atoms with Crippen molar-refractivity contribution in [2.24, 2.45) is 5.10 Å². The molecule has 0 fully saturated rings. The van der Waals surface area contributed by atoms with E-state index in [0.29, 0.717) is 28.1 Å². The lowest BCUT2D eigenvalue weighted by Gasteiger charge is -2.08. The van der Waals surface area contributed by atoms with Crippen molar-refractivity contribution in [1.82, 2.24) is 10.7 Å². The average molecular weight is 390 g/mol. The number of rotatable bonds is 8. The van der Waals surface area contributed by atoms with Crippen LogP contribution in [0.1, 0.15) is 38.2 Å². The highest BCUT2D eigenvalue weighted by Gasteiger charge is 2.03. The number of benzene rings is 1. The molecule has 0 bridgehead atoms. The molecule has 0 radical (unpaired) electrons. The number of hydrogen-bond donors (Lipinski definition) is 2. The van der Waals surface area contributed by atoms with Crippen LogP contribution in [0.4, 0.5) is 0 Å². The quantitative estimate of drug-likeness (QED) is 0.232. The number of carbonyl (C=O) groups is 1. The summed E-state index contributed by atoms with van der Waals surface area (Å²) in [5.41, 5.74) is 4.40. The molecule has 1 aromatic rings. The summed E-state index contributed by atoms with van der Waals surface area (Å²) in [5, 5.41) is 8.71. The van der Waals surface area contributed by atoms with Gasteiger partial charge in [-0.25, -0.2) is 0 Å². The minimum atomic E-state index is -0.174. The van der Waals surface area contributed by atoms with Crippen LogP contribution >= 0.6 is 35.4 Å². The number of hydrogen-bond acceptors (Lipinski definition) is 4. The van der Waals surface area contributed by atoms with E-state index < -0.39 is 0 Å². The van der Waals surface area contributed by atoms with Gasteiger partial charge in [-0.3, -0.25) is 10.2 Å². The van der Waals surface area contributed by atoms with E-state index in [0.717, 1.165) is 30.5 Å². The van der Waals surface area contributed by atoms with Gasteiger partial charge in [0.05, 0.1) is 22.9 Å². The maximum absolute atomic E-state index is 11.0. The second-order valence-corrected chi connectivity index (χ2v) is 6.30. The van der Waals surface area contributed by atoms with Crippen LogP contribution in [-0.2, 0) is 9.53 Å². The third-order valence-electron chi connectivity index (χ3n) is 3.23. The summed E-state index contributed by atoms with van der Waals surface area (Å²) in [6.07, 6.45) is 3.10. The van der Waals surface area contributed by atoms with E-state index in [1.807, 2.05) is 13.0 Å². The molecular weight excluding hydrogens is 369 g/mol. The molecule has 0 aromatic heterocycles. The number of thiocarbonyl (C=S) groups is 1. The van der Waals surface area contributed by atoms with E-state index in [9.17, 15) is 4.79 Å². The number of carbonyl (C=O) groups excluding carboxylic acids is 1. The minimum absolute atomic E-state index is 0.174. The highest BCUT2D eigenvalue weighted by atomic mass is 35.5. The van der Waals surface area contributed by atoms with Crippen molar-refractivity contribution < 1.29 is 9.53 Å².